The molecule has 1 N–H and O–H groups in total. The molecule has 0 aliphatic rings. The van der Waals surface area contributed by atoms with Crippen LogP contribution in [0.15, 0.2) is 63.8 Å². The van der Waals surface area contributed by atoms with Crippen LogP contribution in [0.5, 0.6) is 5.75 Å². The van der Waals surface area contributed by atoms with Gasteiger partial charge in [-0.2, -0.15) is 0 Å². The van der Waals surface area contributed by atoms with E-state index >= 15 is 0 Å². The Labute approximate surface area is 153 Å². The smallest absolute Gasteiger partial charge is 0.349 e. The average Bonchev–Trinajstić information content (AvgIpc) is 2.66. The second-order valence-electron chi connectivity index (χ2n) is 5.42. The standard InChI is InChI=1S/C19H14ClNO5/c20-10-17(22)25-14-7-6-13-8-15(19(24)26-16(13)9-14)18(23)21-11-12-4-2-1-3-5-12/h1-9H,10-11H2,(H,21,23). The summed E-state index contributed by atoms with van der Waals surface area (Å²) >= 11 is 5.38. The van der Waals surface area contributed by atoms with E-state index in [1.807, 2.05) is 30.3 Å². The summed E-state index contributed by atoms with van der Waals surface area (Å²) in [5, 5.41) is 3.21. The van der Waals surface area contributed by atoms with Gasteiger partial charge < -0.3 is 14.5 Å². The number of rotatable bonds is 5. The predicted octanol–water partition coefficient (Wildman–Crippen LogP) is 2.87. The molecule has 0 unspecified atom stereocenters. The van der Waals surface area contributed by atoms with Crippen LogP contribution in [0.4, 0.5) is 0 Å². The average molecular weight is 372 g/mol. The number of ether oxygens (including phenoxy) is 1. The minimum atomic E-state index is -0.774. The molecule has 1 aromatic heterocycles. The van der Waals surface area contributed by atoms with Crippen LogP contribution < -0.4 is 15.7 Å². The van der Waals surface area contributed by atoms with Crippen molar-refractivity contribution in [2.24, 2.45) is 0 Å². The van der Waals surface area contributed by atoms with E-state index in [0.29, 0.717) is 11.9 Å². The number of fused-ring (bicyclic) bond motifs is 1. The summed E-state index contributed by atoms with van der Waals surface area (Å²) in [6, 6.07) is 15.3. The summed E-state index contributed by atoms with van der Waals surface area (Å²) in [5.41, 5.74) is 0.245. The molecular weight excluding hydrogens is 358 g/mol. The van der Waals surface area contributed by atoms with Crippen molar-refractivity contribution in [3.8, 4) is 5.75 Å². The molecule has 6 nitrogen and oxygen atoms in total. The Morgan fingerprint density at radius 1 is 1.08 bits per heavy atom. The van der Waals surface area contributed by atoms with Gasteiger partial charge in [0.05, 0.1) is 0 Å². The minimum absolute atomic E-state index is 0.0982. The highest BCUT2D eigenvalue weighted by Gasteiger charge is 2.14. The van der Waals surface area contributed by atoms with Gasteiger partial charge in [0.25, 0.3) is 5.91 Å². The maximum absolute atomic E-state index is 12.3. The molecule has 0 radical (unpaired) electrons. The van der Waals surface area contributed by atoms with Crippen LogP contribution in [0, 0.1) is 0 Å². The summed E-state index contributed by atoms with van der Waals surface area (Å²) in [6.07, 6.45) is 0. The van der Waals surface area contributed by atoms with E-state index in [2.05, 4.69) is 5.32 Å². The van der Waals surface area contributed by atoms with Gasteiger partial charge in [0.15, 0.2) is 0 Å². The topological polar surface area (TPSA) is 85.6 Å². The minimum Gasteiger partial charge on any atom is -0.426 e. The van der Waals surface area contributed by atoms with Crippen LogP contribution in [0.1, 0.15) is 15.9 Å². The zero-order valence-corrected chi connectivity index (χ0v) is 14.3. The molecule has 26 heavy (non-hydrogen) atoms. The van der Waals surface area contributed by atoms with Crippen molar-refractivity contribution in [2.75, 3.05) is 5.88 Å². The molecule has 0 spiro atoms. The highest BCUT2D eigenvalue weighted by molar-refractivity contribution is 6.26. The monoisotopic (exact) mass is 371 g/mol. The molecule has 2 aromatic carbocycles. The van der Waals surface area contributed by atoms with Crippen molar-refractivity contribution in [3.05, 3.63) is 76.1 Å². The number of carbonyl (C=O) groups is 2. The molecule has 3 rings (SSSR count). The number of amides is 1. The summed E-state index contributed by atoms with van der Waals surface area (Å²) in [5.74, 6) is -1.23. The molecule has 132 valence electrons. The van der Waals surface area contributed by atoms with Gasteiger partial charge in [0.2, 0.25) is 0 Å². The van der Waals surface area contributed by atoms with E-state index < -0.39 is 17.5 Å². The Balaban J connectivity index is 1.82. The fourth-order valence-corrected chi connectivity index (χ4v) is 2.40. The lowest BCUT2D eigenvalue weighted by Gasteiger charge is -2.06. The summed E-state index contributed by atoms with van der Waals surface area (Å²) in [6.45, 7) is 0.296. The van der Waals surface area contributed by atoms with Gasteiger partial charge in [-0.3, -0.25) is 9.59 Å². The highest BCUT2D eigenvalue weighted by atomic mass is 35.5. The van der Waals surface area contributed by atoms with Crippen LogP contribution in [0.25, 0.3) is 11.0 Å². The van der Waals surface area contributed by atoms with Gasteiger partial charge in [-0.1, -0.05) is 30.3 Å². The predicted molar refractivity (Wildman–Crippen MR) is 96.5 cm³/mol. The third kappa shape index (κ3) is 4.10. The van der Waals surface area contributed by atoms with E-state index in [1.54, 1.807) is 6.07 Å². The Kier molecular flexibility index (Phi) is 5.34. The van der Waals surface area contributed by atoms with E-state index in [-0.39, 0.29) is 22.8 Å². The maximum atomic E-state index is 12.3. The zero-order chi connectivity index (χ0) is 18.5. The second kappa shape index (κ2) is 7.84. The van der Waals surface area contributed by atoms with Gasteiger partial charge in [-0.15, -0.1) is 11.6 Å². The molecule has 3 aromatic rings. The summed E-state index contributed by atoms with van der Waals surface area (Å²) in [4.78, 5) is 35.6. The molecule has 0 saturated heterocycles. The second-order valence-corrected chi connectivity index (χ2v) is 5.69. The first-order valence-electron chi connectivity index (χ1n) is 7.73. The summed E-state index contributed by atoms with van der Waals surface area (Å²) in [7, 11) is 0. The van der Waals surface area contributed by atoms with Crippen LogP contribution in [-0.2, 0) is 11.3 Å². The van der Waals surface area contributed by atoms with E-state index in [1.165, 1.54) is 18.2 Å². The molecule has 0 bridgehead atoms. The molecule has 1 amide bonds. The molecule has 0 atom stereocenters. The molecular formula is C19H14ClNO5. The third-order valence-corrected chi connectivity index (χ3v) is 3.81. The number of carbonyl (C=O) groups excluding carboxylic acids is 2. The first kappa shape index (κ1) is 17.7. The first-order chi connectivity index (χ1) is 12.6. The number of esters is 1. The van der Waals surface area contributed by atoms with E-state index in [0.717, 1.165) is 5.56 Å². The van der Waals surface area contributed by atoms with Crippen molar-refractivity contribution in [1.82, 2.24) is 5.32 Å². The lowest BCUT2D eigenvalue weighted by Crippen LogP contribution is -2.27. The van der Waals surface area contributed by atoms with Crippen molar-refractivity contribution in [2.45, 2.75) is 6.54 Å². The first-order valence-corrected chi connectivity index (χ1v) is 8.27. The molecule has 0 aliphatic heterocycles. The quantitative estimate of drug-likeness (QED) is 0.322. The number of halogens is 1. The number of hydrogen-bond donors (Lipinski definition) is 1. The number of hydrogen-bond acceptors (Lipinski definition) is 5. The highest BCUT2D eigenvalue weighted by Crippen LogP contribution is 2.21. The van der Waals surface area contributed by atoms with Gasteiger partial charge in [-0.05, 0) is 23.8 Å². The number of alkyl halides is 1. The Morgan fingerprint density at radius 3 is 2.58 bits per heavy atom. The van der Waals surface area contributed by atoms with Crippen molar-refractivity contribution in [1.29, 1.82) is 0 Å². The van der Waals surface area contributed by atoms with Crippen LogP contribution in [0.2, 0.25) is 0 Å². The lowest BCUT2D eigenvalue weighted by molar-refractivity contribution is -0.131. The Hall–Kier alpha value is -3.12. The number of benzene rings is 2. The normalized spacial score (nSPS) is 10.5. The van der Waals surface area contributed by atoms with Gasteiger partial charge in [0.1, 0.15) is 22.8 Å². The molecule has 0 aliphatic carbocycles. The van der Waals surface area contributed by atoms with Crippen LogP contribution in [0.3, 0.4) is 0 Å². The van der Waals surface area contributed by atoms with Crippen LogP contribution in [-0.4, -0.2) is 17.8 Å². The molecule has 0 saturated carbocycles. The lowest BCUT2D eigenvalue weighted by atomic mass is 10.1. The summed E-state index contributed by atoms with van der Waals surface area (Å²) < 4.78 is 10.1. The molecule has 1 heterocycles. The van der Waals surface area contributed by atoms with Crippen LogP contribution >= 0.6 is 11.6 Å². The maximum Gasteiger partial charge on any atom is 0.349 e. The Morgan fingerprint density at radius 2 is 1.85 bits per heavy atom. The Bertz CT molecular complexity index is 1010. The molecule has 0 fully saturated rings. The van der Waals surface area contributed by atoms with Crippen molar-refractivity contribution < 1.29 is 18.7 Å². The van der Waals surface area contributed by atoms with E-state index in [4.69, 9.17) is 20.8 Å². The van der Waals surface area contributed by atoms with Gasteiger partial charge >= 0.3 is 11.6 Å². The fourth-order valence-electron chi connectivity index (χ4n) is 2.35. The third-order valence-electron chi connectivity index (χ3n) is 3.59. The van der Waals surface area contributed by atoms with Crippen molar-refractivity contribution >= 4 is 34.4 Å². The fraction of sp³-hybridized carbons (Fsp3) is 0.105. The largest absolute Gasteiger partial charge is 0.426 e. The SMILES string of the molecule is O=C(CCl)Oc1ccc2cc(C(=O)NCc3ccccc3)c(=O)oc2c1. The number of nitrogens with one attached hydrogen (secondary N) is 1. The van der Waals surface area contributed by atoms with Crippen molar-refractivity contribution in [3.63, 3.8) is 0 Å². The van der Waals surface area contributed by atoms with Gasteiger partial charge in [-0.25, -0.2) is 4.79 Å². The zero-order valence-electron chi connectivity index (χ0n) is 13.5. The van der Waals surface area contributed by atoms with E-state index in [9.17, 15) is 14.4 Å². The molecule has 7 heteroatoms. The van der Waals surface area contributed by atoms with Gasteiger partial charge in [0, 0.05) is 18.0 Å².